The van der Waals surface area contributed by atoms with Crippen LogP contribution in [0.2, 0.25) is 0 Å². The van der Waals surface area contributed by atoms with Crippen LogP contribution in [0.4, 0.5) is 4.79 Å². The van der Waals surface area contributed by atoms with E-state index in [0.29, 0.717) is 0 Å². The van der Waals surface area contributed by atoms with Gasteiger partial charge in [-0.05, 0) is 27.8 Å². The molecular weight excluding hydrogens is 490 g/mol. The molecule has 0 saturated carbocycles. The number of rotatable bonds is 11. The fraction of sp³-hybridized carbons (Fsp3) is 0.156. The predicted molar refractivity (Wildman–Crippen MR) is 150 cm³/mol. The van der Waals surface area contributed by atoms with E-state index in [2.05, 4.69) is 10.6 Å². The van der Waals surface area contributed by atoms with Crippen LogP contribution in [0.15, 0.2) is 115 Å². The highest BCUT2D eigenvalue weighted by Crippen LogP contribution is 2.20. The number of benzene rings is 4. The minimum atomic E-state index is -0.974. The van der Waals surface area contributed by atoms with E-state index in [1.165, 1.54) is 0 Å². The Hall–Kier alpha value is -4.91. The van der Waals surface area contributed by atoms with E-state index in [1.54, 1.807) is 0 Å². The first-order valence-corrected chi connectivity index (χ1v) is 12.7. The van der Waals surface area contributed by atoms with E-state index in [0.717, 1.165) is 27.8 Å². The molecule has 0 unspecified atom stereocenters. The smallest absolute Gasteiger partial charge is 0.408 e. The molecule has 3 amide bonds. The van der Waals surface area contributed by atoms with Gasteiger partial charge in [0.15, 0.2) is 0 Å². The van der Waals surface area contributed by atoms with Crippen LogP contribution >= 0.6 is 0 Å². The number of amides is 3. The fourth-order valence-electron chi connectivity index (χ4n) is 4.16. The van der Waals surface area contributed by atoms with Crippen LogP contribution in [0.25, 0.3) is 11.1 Å². The summed E-state index contributed by atoms with van der Waals surface area (Å²) in [4.78, 5) is 38.2. The molecule has 0 aromatic heterocycles. The van der Waals surface area contributed by atoms with Gasteiger partial charge in [-0.1, -0.05) is 115 Å². The molecular formula is C32H31N3O4. The van der Waals surface area contributed by atoms with Crippen LogP contribution in [0.3, 0.4) is 0 Å². The van der Waals surface area contributed by atoms with Crippen molar-refractivity contribution in [3.63, 3.8) is 0 Å². The third-order valence-corrected chi connectivity index (χ3v) is 6.26. The third kappa shape index (κ3) is 8.30. The van der Waals surface area contributed by atoms with E-state index in [-0.39, 0.29) is 19.4 Å². The number of primary amides is 1. The Kier molecular flexibility index (Phi) is 9.45. The Bertz CT molecular complexity index is 1360. The molecule has 7 heteroatoms. The lowest BCUT2D eigenvalue weighted by atomic mass is 9.99. The normalized spacial score (nSPS) is 12.1. The number of alkyl carbamates (subject to hydrolysis) is 1. The summed E-state index contributed by atoms with van der Waals surface area (Å²) in [5.41, 5.74) is 10.3. The molecule has 4 aromatic carbocycles. The number of ether oxygens (including phenoxy) is 1. The number of hydrogen-bond donors (Lipinski definition) is 3. The summed E-state index contributed by atoms with van der Waals surface area (Å²) < 4.78 is 5.32. The summed E-state index contributed by atoms with van der Waals surface area (Å²) in [6.07, 6.45) is -0.307. The predicted octanol–water partition coefficient (Wildman–Crippen LogP) is 4.40. The maximum absolute atomic E-state index is 13.3. The largest absolute Gasteiger partial charge is 0.445 e. The third-order valence-electron chi connectivity index (χ3n) is 6.26. The maximum atomic E-state index is 13.3. The fourth-order valence-corrected chi connectivity index (χ4v) is 4.16. The monoisotopic (exact) mass is 521 g/mol. The summed E-state index contributed by atoms with van der Waals surface area (Å²) >= 11 is 0. The van der Waals surface area contributed by atoms with Gasteiger partial charge >= 0.3 is 6.09 Å². The lowest BCUT2D eigenvalue weighted by Crippen LogP contribution is -2.54. The van der Waals surface area contributed by atoms with Crippen molar-refractivity contribution >= 4 is 17.9 Å². The number of carbonyl (C=O) groups excluding carboxylic acids is 3. The van der Waals surface area contributed by atoms with Gasteiger partial charge < -0.3 is 21.1 Å². The average molecular weight is 522 g/mol. The van der Waals surface area contributed by atoms with E-state index >= 15 is 0 Å². The maximum Gasteiger partial charge on any atom is 0.408 e. The van der Waals surface area contributed by atoms with Crippen molar-refractivity contribution in [2.45, 2.75) is 31.5 Å². The molecule has 0 heterocycles. The second-order valence-electron chi connectivity index (χ2n) is 9.18. The Morgan fingerprint density at radius 3 is 1.67 bits per heavy atom. The van der Waals surface area contributed by atoms with Gasteiger partial charge in [-0.15, -0.1) is 0 Å². The molecule has 4 aromatic rings. The molecule has 0 fully saturated rings. The van der Waals surface area contributed by atoms with Gasteiger partial charge in [0.2, 0.25) is 11.8 Å². The minimum absolute atomic E-state index is 0.0647. The highest BCUT2D eigenvalue weighted by atomic mass is 16.5. The van der Waals surface area contributed by atoms with Crippen molar-refractivity contribution in [1.82, 2.24) is 10.6 Å². The lowest BCUT2D eigenvalue weighted by molar-refractivity contribution is -0.128. The SMILES string of the molecule is NC(=O)[C@H](Cc1ccc(-c2ccccc2)cc1)NC(=O)[C@H](Cc1ccccc1)NC(=O)OCc1ccccc1. The van der Waals surface area contributed by atoms with Crippen LogP contribution in [0.5, 0.6) is 0 Å². The molecule has 39 heavy (non-hydrogen) atoms. The minimum Gasteiger partial charge on any atom is -0.445 e. The quantitative estimate of drug-likeness (QED) is 0.272. The zero-order chi connectivity index (χ0) is 27.5. The molecule has 4 N–H and O–H groups in total. The van der Waals surface area contributed by atoms with Gasteiger partial charge in [0.25, 0.3) is 0 Å². The number of nitrogens with one attached hydrogen (secondary N) is 2. The van der Waals surface area contributed by atoms with Gasteiger partial charge in [-0.25, -0.2) is 4.79 Å². The molecule has 4 rings (SSSR count). The summed E-state index contributed by atoms with van der Waals surface area (Å²) in [5.74, 6) is -1.19. The molecule has 2 atom stereocenters. The van der Waals surface area contributed by atoms with Crippen molar-refractivity contribution < 1.29 is 19.1 Å². The van der Waals surface area contributed by atoms with Gasteiger partial charge in [0, 0.05) is 12.8 Å². The lowest BCUT2D eigenvalue weighted by Gasteiger charge is -2.22. The number of hydrogen-bond acceptors (Lipinski definition) is 4. The molecule has 0 aliphatic carbocycles. The Labute approximate surface area is 228 Å². The van der Waals surface area contributed by atoms with E-state index in [1.807, 2.05) is 115 Å². The molecule has 0 bridgehead atoms. The van der Waals surface area contributed by atoms with Crippen molar-refractivity contribution in [1.29, 1.82) is 0 Å². The number of nitrogens with two attached hydrogens (primary N) is 1. The van der Waals surface area contributed by atoms with Crippen molar-refractivity contribution in [3.8, 4) is 11.1 Å². The van der Waals surface area contributed by atoms with Gasteiger partial charge in [0.05, 0.1) is 0 Å². The topological polar surface area (TPSA) is 111 Å². The highest BCUT2D eigenvalue weighted by molar-refractivity contribution is 5.91. The number of carbonyl (C=O) groups is 3. The van der Waals surface area contributed by atoms with Gasteiger partial charge in [-0.2, -0.15) is 0 Å². The van der Waals surface area contributed by atoms with Gasteiger partial charge in [0.1, 0.15) is 18.7 Å². The van der Waals surface area contributed by atoms with Crippen LogP contribution in [0.1, 0.15) is 16.7 Å². The van der Waals surface area contributed by atoms with Crippen LogP contribution in [-0.4, -0.2) is 30.0 Å². The Morgan fingerprint density at radius 2 is 1.08 bits per heavy atom. The first-order chi connectivity index (χ1) is 19.0. The Balaban J connectivity index is 1.42. The van der Waals surface area contributed by atoms with Gasteiger partial charge in [-0.3, -0.25) is 9.59 Å². The zero-order valence-corrected chi connectivity index (χ0v) is 21.5. The van der Waals surface area contributed by atoms with Crippen molar-refractivity contribution in [3.05, 3.63) is 132 Å². The van der Waals surface area contributed by atoms with Crippen LogP contribution in [0, 0.1) is 0 Å². The summed E-state index contributed by atoms with van der Waals surface area (Å²) in [6.45, 7) is 0.0647. The zero-order valence-electron chi connectivity index (χ0n) is 21.5. The standard InChI is InChI=1S/C32H31N3O4/c33-30(36)28(20-24-16-18-27(19-17-24)26-14-8-3-9-15-26)34-31(37)29(21-23-10-4-1-5-11-23)35-32(38)39-22-25-12-6-2-7-13-25/h1-19,28-29H,20-22H2,(H2,33,36)(H,34,37)(H,35,38)/t28-,29-/m0/s1. The summed E-state index contributed by atoms with van der Waals surface area (Å²) in [5, 5.41) is 5.37. The molecule has 0 aliphatic heterocycles. The molecule has 0 aliphatic rings. The summed E-state index contributed by atoms with van der Waals surface area (Å²) in [6, 6.07) is 34.3. The highest BCUT2D eigenvalue weighted by Gasteiger charge is 2.26. The average Bonchev–Trinajstić information content (AvgIpc) is 2.97. The van der Waals surface area contributed by atoms with Crippen molar-refractivity contribution in [2.75, 3.05) is 0 Å². The van der Waals surface area contributed by atoms with E-state index in [4.69, 9.17) is 10.5 Å². The van der Waals surface area contributed by atoms with E-state index in [9.17, 15) is 14.4 Å². The first kappa shape index (κ1) is 27.1. The second-order valence-corrected chi connectivity index (χ2v) is 9.18. The first-order valence-electron chi connectivity index (χ1n) is 12.7. The molecule has 0 radical (unpaired) electrons. The molecule has 7 nitrogen and oxygen atoms in total. The van der Waals surface area contributed by atoms with E-state index < -0.39 is 30.0 Å². The van der Waals surface area contributed by atoms with Crippen molar-refractivity contribution in [2.24, 2.45) is 5.73 Å². The molecule has 0 saturated heterocycles. The second kappa shape index (κ2) is 13.6. The Morgan fingerprint density at radius 1 is 0.590 bits per heavy atom. The van der Waals surface area contributed by atoms with Crippen LogP contribution in [-0.2, 0) is 33.8 Å². The van der Waals surface area contributed by atoms with Crippen LogP contribution < -0.4 is 16.4 Å². The molecule has 0 spiro atoms. The summed E-state index contributed by atoms with van der Waals surface area (Å²) in [7, 11) is 0. The molecule has 198 valence electrons.